The molecule has 1 aromatic rings. The number of morpholine rings is 1. The first-order valence-electron chi connectivity index (χ1n) is 7.14. The molecule has 1 aromatic heterocycles. The topological polar surface area (TPSA) is 86.8 Å². The van der Waals surface area contributed by atoms with Gasteiger partial charge in [0.2, 0.25) is 0 Å². The Bertz CT molecular complexity index is 649. The molecule has 22 heavy (non-hydrogen) atoms. The first kappa shape index (κ1) is 17.0. The first-order chi connectivity index (χ1) is 10.4. The molecule has 1 aliphatic rings. The number of hydrogen-bond donors (Lipinski definition) is 0. The van der Waals surface area contributed by atoms with Gasteiger partial charge in [-0.2, -0.15) is 22.3 Å². The molecule has 0 aromatic carbocycles. The second kappa shape index (κ2) is 6.79. The van der Waals surface area contributed by atoms with E-state index in [0.29, 0.717) is 18.9 Å². The lowest BCUT2D eigenvalue weighted by molar-refractivity contribution is -0.0162. The largest absolute Gasteiger partial charge is 0.464 e. The summed E-state index contributed by atoms with van der Waals surface area (Å²) in [5, 5.41) is 8.74. The van der Waals surface area contributed by atoms with Crippen LogP contribution in [0.2, 0.25) is 0 Å². The van der Waals surface area contributed by atoms with E-state index in [9.17, 15) is 8.42 Å². The summed E-state index contributed by atoms with van der Waals surface area (Å²) >= 11 is 0. The third-order valence-corrected chi connectivity index (χ3v) is 5.88. The van der Waals surface area contributed by atoms with Crippen LogP contribution in [0.4, 0.5) is 0 Å². The normalized spacial score (nSPS) is 21.7. The Kier molecular flexibility index (Phi) is 5.24. The standard InChI is InChI=1S/C14H21N3O4S/c1-11(6-7-15)16(3)22(18,19)17-8-9-20-14(10-17)13-5-4-12(2)21-13/h4-5,11,14H,6,8-10H2,1-3H3/t11-,14+/m0/s1. The van der Waals surface area contributed by atoms with E-state index < -0.39 is 16.3 Å². The quantitative estimate of drug-likeness (QED) is 0.816. The second-order valence-corrected chi connectivity index (χ2v) is 7.39. The summed E-state index contributed by atoms with van der Waals surface area (Å²) in [5.41, 5.74) is 0. The third-order valence-electron chi connectivity index (χ3n) is 3.81. The van der Waals surface area contributed by atoms with Crippen molar-refractivity contribution in [3.63, 3.8) is 0 Å². The molecule has 1 aliphatic heterocycles. The van der Waals surface area contributed by atoms with Crippen LogP contribution in [0.15, 0.2) is 16.5 Å². The van der Waals surface area contributed by atoms with Crippen LogP contribution in [0.5, 0.6) is 0 Å². The number of aryl methyl sites for hydroxylation is 1. The van der Waals surface area contributed by atoms with Gasteiger partial charge in [0.15, 0.2) is 0 Å². The molecule has 0 spiro atoms. The fourth-order valence-electron chi connectivity index (χ4n) is 2.30. The van der Waals surface area contributed by atoms with Gasteiger partial charge in [-0.1, -0.05) is 0 Å². The molecule has 7 nitrogen and oxygen atoms in total. The summed E-state index contributed by atoms with van der Waals surface area (Å²) in [5.74, 6) is 1.39. The van der Waals surface area contributed by atoms with Crippen LogP contribution in [-0.4, -0.2) is 49.8 Å². The zero-order chi connectivity index (χ0) is 16.3. The van der Waals surface area contributed by atoms with Crippen molar-refractivity contribution >= 4 is 10.2 Å². The fraction of sp³-hybridized carbons (Fsp3) is 0.643. The minimum Gasteiger partial charge on any atom is -0.464 e. The lowest BCUT2D eigenvalue weighted by Gasteiger charge is -2.35. The van der Waals surface area contributed by atoms with Crippen molar-refractivity contribution in [2.24, 2.45) is 0 Å². The molecule has 0 radical (unpaired) electrons. The summed E-state index contributed by atoms with van der Waals surface area (Å²) in [7, 11) is -2.12. The number of nitrogens with zero attached hydrogens (tertiary/aromatic N) is 3. The highest BCUT2D eigenvalue weighted by molar-refractivity contribution is 7.86. The Labute approximate surface area is 131 Å². The Morgan fingerprint density at radius 2 is 2.27 bits per heavy atom. The van der Waals surface area contributed by atoms with E-state index in [2.05, 4.69) is 0 Å². The molecular formula is C14H21N3O4S. The lowest BCUT2D eigenvalue weighted by Crippen LogP contribution is -2.50. The highest BCUT2D eigenvalue weighted by atomic mass is 32.2. The summed E-state index contributed by atoms with van der Waals surface area (Å²) < 4.78 is 39.1. The van der Waals surface area contributed by atoms with Crippen molar-refractivity contribution in [3.05, 3.63) is 23.7 Å². The van der Waals surface area contributed by atoms with Gasteiger partial charge in [-0.3, -0.25) is 0 Å². The molecule has 0 amide bonds. The molecule has 122 valence electrons. The molecule has 2 atom stereocenters. The van der Waals surface area contributed by atoms with Crippen LogP contribution in [0, 0.1) is 18.3 Å². The zero-order valence-corrected chi connectivity index (χ0v) is 13.8. The van der Waals surface area contributed by atoms with Crippen molar-refractivity contribution in [1.82, 2.24) is 8.61 Å². The fourth-order valence-corrected chi connectivity index (χ4v) is 3.83. The molecule has 2 rings (SSSR count). The Morgan fingerprint density at radius 1 is 1.55 bits per heavy atom. The van der Waals surface area contributed by atoms with E-state index in [1.54, 1.807) is 13.0 Å². The molecule has 0 saturated carbocycles. The highest BCUT2D eigenvalue weighted by Gasteiger charge is 2.35. The summed E-state index contributed by atoms with van der Waals surface area (Å²) in [6.07, 6.45) is -0.252. The summed E-state index contributed by atoms with van der Waals surface area (Å²) in [6.45, 7) is 4.36. The van der Waals surface area contributed by atoms with Gasteiger partial charge < -0.3 is 9.15 Å². The van der Waals surface area contributed by atoms with Crippen molar-refractivity contribution in [2.45, 2.75) is 32.4 Å². The maximum absolute atomic E-state index is 12.6. The second-order valence-electron chi connectivity index (χ2n) is 5.40. The Hall–Kier alpha value is -1.40. The molecule has 0 N–H and O–H groups in total. The van der Waals surface area contributed by atoms with Gasteiger partial charge >= 0.3 is 0 Å². The zero-order valence-electron chi connectivity index (χ0n) is 13.0. The van der Waals surface area contributed by atoms with E-state index >= 15 is 0 Å². The van der Waals surface area contributed by atoms with Gasteiger partial charge in [0, 0.05) is 26.2 Å². The van der Waals surface area contributed by atoms with Gasteiger partial charge in [-0.25, -0.2) is 0 Å². The molecule has 0 aliphatic carbocycles. The Morgan fingerprint density at radius 3 is 2.86 bits per heavy atom. The van der Waals surface area contributed by atoms with Crippen LogP contribution >= 0.6 is 0 Å². The maximum atomic E-state index is 12.6. The average Bonchev–Trinajstić information content (AvgIpc) is 2.93. The van der Waals surface area contributed by atoms with Crippen LogP contribution < -0.4 is 0 Å². The first-order valence-corrected chi connectivity index (χ1v) is 8.54. The van der Waals surface area contributed by atoms with Gasteiger partial charge in [-0.15, -0.1) is 0 Å². The van der Waals surface area contributed by atoms with Gasteiger partial charge in [0.1, 0.15) is 17.6 Å². The molecule has 2 heterocycles. The minimum absolute atomic E-state index is 0.154. The number of nitriles is 1. The Balaban J connectivity index is 2.12. The van der Waals surface area contributed by atoms with E-state index in [1.807, 2.05) is 19.1 Å². The van der Waals surface area contributed by atoms with E-state index in [4.69, 9.17) is 14.4 Å². The number of ether oxygens (including phenoxy) is 1. The van der Waals surface area contributed by atoms with Crippen molar-refractivity contribution in [3.8, 4) is 6.07 Å². The van der Waals surface area contributed by atoms with Crippen LogP contribution in [0.3, 0.4) is 0 Å². The number of rotatable bonds is 5. The molecular weight excluding hydrogens is 306 g/mol. The summed E-state index contributed by atoms with van der Waals surface area (Å²) in [6, 6.07) is 5.25. The minimum atomic E-state index is -3.62. The number of furan rings is 1. The van der Waals surface area contributed by atoms with Crippen molar-refractivity contribution in [1.29, 1.82) is 5.26 Å². The molecule has 8 heteroatoms. The lowest BCUT2D eigenvalue weighted by atomic mass is 10.2. The molecule has 0 unspecified atom stereocenters. The highest BCUT2D eigenvalue weighted by Crippen LogP contribution is 2.26. The van der Waals surface area contributed by atoms with Gasteiger partial charge in [0.25, 0.3) is 10.2 Å². The average molecular weight is 327 g/mol. The SMILES string of the molecule is Cc1ccc([C@H]2CN(S(=O)(=O)N(C)[C@@H](C)CC#N)CCO2)o1. The molecule has 0 bridgehead atoms. The van der Waals surface area contributed by atoms with Crippen LogP contribution in [0.1, 0.15) is 31.0 Å². The monoisotopic (exact) mass is 327 g/mol. The van der Waals surface area contributed by atoms with E-state index in [0.717, 1.165) is 5.76 Å². The predicted molar refractivity (Wildman–Crippen MR) is 80.1 cm³/mol. The number of hydrogen-bond acceptors (Lipinski definition) is 5. The maximum Gasteiger partial charge on any atom is 0.282 e. The van der Waals surface area contributed by atoms with Crippen LogP contribution in [0.25, 0.3) is 0 Å². The van der Waals surface area contributed by atoms with E-state index in [-0.39, 0.29) is 19.0 Å². The van der Waals surface area contributed by atoms with Crippen molar-refractivity contribution in [2.75, 3.05) is 26.7 Å². The van der Waals surface area contributed by atoms with E-state index in [1.165, 1.54) is 15.7 Å². The molecule has 1 fully saturated rings. The third kappa shape index (κ3) is 3.50. The summed E-state index contributed by atoms with van der Waals surface area (Å²) in [4.78, 5) is 0. The smallest absolute Gasteiger partial charge is 0.282 e. The van der Waals surface area contributed by atoms with Crippen molar-refractivity contribution < 1.29 is 17.6 Å². The van der Waals surface area contributed by atoms with Gasteiger partial charge in [0.05, 0.1) is 19.1 Å². The van der Waals surface area contributed by atoms with Gasteiger partial charge in [-0.05, 0) is 26.0 Å². The van der Waals surface area contributed by atoms with Crippen LogP contribution in [-0.2, 0) is 14.9 Å². The molecule has 1 saturated heterocycles. The predicted octanol–water partition coefficient (Wildman–Crippen LogP) is 1.44.